The van der Waals surface area contributed by atoms with Crippen LogP contribution in [0, 0.1) is 0 Å². The highest BCUT2D eigenvalue weighted by Crippen LogP contribution is 2.35. The molecule has 7 nitrogen and oxygen atoms in total. The molecule has 0 saturated carbocycles. The van der Waals surface area contributed by atoms with Crippen molar-refractivity contribution in [3.05, 3.63) is 10.4 Å². The topological polar surface area (TPSA) is 90.3 Å². The second-order valence-corrected chi connectivity index (χ2v) is 5.14. The molecule has 2 heterocycles. The van der Waals surface area contributed by atoms with E-state index < -0.39 is 5.54 Å². The highest BCUT2D eigenvalue weighted by molar-refractivity contribution is 5.82. The molecule has 0 radical (unpaired) electrons. The van der Waals surface area contributed by atoms with E-state index in [2.05, 4.69) is 20.2 Å². The average Bonchev–Trinajstić information content (AvgIpc) is 2.83. The summed E-state index contributed by atoms with van der Waals surface area (Å²) < 4.78 is 5.01. The van der Waals surface area contributed by atoms with Gasteiger partial charge in [0.2, 0.25) is 0 Å². The molecule has 0 aromatic rings. The van der Waals surface area contributed by atoms with E-state index in [1.165, 1.54) is 13.5 Å². The maximum atomic E-state index is 12.2. The Morgan fingerprint density at radius 1 is 1.58 bits per heavy atom. The van der Waals surface area contributed by atoms with Crippen LogP contribution in [0.25, 0.3) is 10.4 Å². The normalized spacial score (nSPS) is 30.5. The van der Waals surface area contributed by atoms with Gasteiger partial charge in [0.25, 0.3) is 0 Å². The summed E-state index contributed by atoms with van der Waals surface area (Å²) >= 11 is 0. The van der Waals surface area contributed by atoms with Crippen LogP contribution in [0.5, 0.6) is 0 Å². The van der Waals surface area contributed by atoms with Gasteiger partial charge in [0, 0.05) is 30.6 Å². The van der Waals surface area contributed by atoms with Gasteiger partial charge in [0.05, 0.1) is 7.11 Å². The Labute approximate surface area is 112 Å². The van der Waals surface area contributed by atoms with Crippen molar-refractivity contribution < 1.29 is 9.53 Å². The molecule has 2 aliphatic heterocycles. The van der Waals surface area contributed by atoms with Crippen molar-refractivity contribution in [2.45, 2.75) is 37.3 Å². The number of carbonyl (C=O) groups is 1. The van der Waals surface area contributed by atoms with E-state index in [-0.39, 0.29) is 12.0 Å². The first-order chi connectivity index (χ1) is 9.24. The number of piperidine rings is 1. The maximum absolute atomic E-state index is 12.2. The number of esters is 1. The van der Waals surface area contributed by atoms with Gasteiger partial charge in [0.1, 0.15) is 5.54 Å². The number of nitrogens with one attached hydrogen (secondary N) is 1. The lowest BCUT2D eigenvalue weighted by atomic mass is 9.85. The Kier molecular flexibility index (Phi) is 4.63. The number of carbonyl (C=O) groups excluding carboxylic acids is 1. The van der Waals surface area contributed by atoms with Crippen molar-refractivity contribution in [1.82, 2.24) is 10.2 Å². The Bertz CT molecular complexity index is 382. The summed E-state index contributed by atoms with van der Waals surface area (Å²) in [5.41, 5.74) is 7.67. The van der Waals surface area contributed by atoms with Crippen molar-refractivity contribution in [2.75, 3.05) is 33.3 Å². The van der Waals surface area contributed by atoms with Crippen molar-refractivity contribution in [3.63, 3.8) is 0 Å². The van der Waals surface area contributed by atoms with E-state index in [0.717, 1.165) is 32.4 Å². The molecule has 19 heavy (non-hydrogen) atoms. The van der Waals surface area contributed by atoms with E-state index in [4.69, 9.17) is 10.3 Å². The van der Waals surface area contributed by atoms with Crippen LogP contribution in [0.15, 0.2) is 5.11 Å². The predicted molar refractivity (Wildman–Crippen MR) is 70.6 cm³/mol. The van der Waals surface area contributed by atoms with Gasteiger partial charge in [-0.1, -0.05) is 11.5 Å². The van der Waals surface area contributed by atoms with Crippen molar-refractivity contribution in [3.8, 4) is 0 Å². The van der Waals surface area contributed by atoms with E-state index >= 15 is 0 Å². The molecule has 0 amide bonds. The zero-order valence-corrected chi connectivity index (χ0v) is 11.3. The molecule has 2 unspecified atom stereocenters. The molecule has 1 N–H and O–H groups in total. The first-order valence-corrected chi connectivity index (χ1v) is 6.83. The second-order valence-electron chi connectivity index (χ2n) is 5.14. The Balaban J connectivity index is 2.10. The Hall–Kier alpha value is -1.30. The lowest BCUT2D eigenvalue weighted by Gasteiger charge is -2.39. The molecule has 0 aromatic carbocycles. The third kappa shape index (κ3) is 2.68. The second kappa shape index (κ2) is 6.23. The zero-order chi connectivity index (χ0) is 13.7. The van der Waals surface area contributed by atoms with Crippen molar-refractivity contribution >= 4 is 5.97 Å². The van der Waals surface area contributed by atoms with Crippen molar-refractivity contribution in [2.24, 2.45) is 5.11 Å². The van der Waals surface area contributed by atoms with Gasteiger partial charge in [0.15, 0.2) is 0 Å². The summed E-state index contributed by atoms with van der Waals surface area (Å²) in [7, 11) is 1.44. The first kappa shape index (κ1) is 14.1. The summed E-state index contributed by atoms with van der Waals surface area (Å²) in [4.78, 5) is 17.3. The van der Waals surface area contributed by atoms with E-state index in [1.54, 1.807) is 0 Å². The summed E-state index contributed by atoms with van der Waals surface area (Å²) in [5.74, 6) is -0.192. The molecule has 2 atom stereocenters. The van der Waals surface area contributed by atoms with Gasteiger partial charge < -0.3 is 10.1 Å². The van der Waals surface area contributed by atoms with Crippen LogP contribution in [-0.4, -0.2) is 55.7 Å². The smallest absolute Gasteiger partial charge is 0.327 e. The minimum absolute atomic E-state index is 0.192. The Morgan fingerprint density at radius 3 is 3.16 bits per heavy atom. The Morgan fingerprint density at radius 2 is 2.42 bits per heavy atom. The highest BCUT2D eigenvalue weighted by atomic mass is 16.5. The van der Waals surface area contributed by atoms with Gasteiger partial charge in [-0.3, -0.25) is 4.90 Å². The maximum Gasteiger partial charge on any atom is 0.327 e. The average molecular weight is 267 g/mol. The van der Waals surface area contributed by atoms with Crippen LogP contribution in [0.4, 0.5) is 0 Å². The summed E-state index contributed by atoms with van der Waals surface area (Å²) in [5, 5.41) is 6.80. The van der Waals surface area contributed by atoms with Crippen LogP contribution in [0.3, 0.4) is 0 Å². The van der Waals surface area contributed by atoms with Gasteiger partial charge in [-0.05, 0) is 31.3 Å². The summed E-state index contributed by atoms with van der Waals surface area (Å²) in [6, 6.07) is 0.208. The van der Waals surface area contributed by atoms with Gasteiger partial charge >= 0.3 is 5.97 Å². The van der Waals surface area contributed by atoms with Crippen LogP contribution in [-0.2, 0) is 9.53 Å². The van der Waals surface area contributed by atoms with Crippen LogP contribution in [0.1, 0.15) is 25.7 Å². The lowest BCUT2D eigenvalue weighted by molar-refractivity contribution is -0.150. The zero-order valence-electron chi connectivity index (χ0n) is 11.3. The number of ether oxygens (including phenoxy) is 1. The number of hydrogen-bond donors (Lipinski definition) is 1. The largest absolute Gasteiger partial charge is 0.468 e. The lowest BCUT2D eigenvalue weighted by Crippen LogP contribution is -2.61. The van der Waals surface area contributed by atoms with E-state index in [1.807, 2.05) is 0 Å². The number of rotatable bonds is 5. The van der Waals surface area contributed by atoms with Crippen molar-refractivity contribution in [1.29, 1.82) is 0 Å². The number of methoxy groups -OCH3 is 1. The quantitative estimate of drug-likeness (QED) is 0.265. The minimum atomic E-state index is -0.625. The summed E-state index contributed by atoms with van der Waals surface area (Å²) in [6.07, 6.45) is 4.13. The molecule has 0 spiro atoms. The van der Waals surface area contributed by atoms with E-state index in [9.17, 15) is 4.79 Å². The molecule has 0 aromatic heterocycles. The number of fused-ring (bicyclic) bond motifs is 1. The number of hydrogen-bond acceptors (Lipinski definition) is 5. The number of nitrogens with zero attached hydrogens (tertiary/aromatic N) is 4. The standard InChI is InChI=1S/C12H21N5O2/c1-19-11(18)12(14-6-7-15-16-13)5-9-17-8-3-2-4-10(12)17/h10,14H,2-9H2,1H3. The molecular weight excluding hydrogens is 246 g/mol. The van der Waals surface area contributed by atoms with Gasteiger partial charge in [-0.15, -0.1) is 0 Å². The fourth-order valence-corrected chi connectivity index (χ4v) is 3.38. The van der Waals surface area contributed by atoms with E-state index in [0.29, 0.717) is 13.1 Å². The fraction of sp³-hybridized carbons (Fsp3) is 0.917. The molecule has 0 bridgehead atoms. The molecule has 2 aliphatic rings. The third-order valence-electron chi connectivity index (χ3n) is 4.24. The molecule has 106 valence electrons. The molecule has 0 aliphatic carbocycles. The monoisotopic (exact) mass is 267 g/mol. The summed E-state index contributed by atoms with van der Waals surface area (Å²) in [6.45, 7) is 2.83. The van der Waals surface area contributed by atoms with Crippen LogP contribution >= 0.6 is 0 Å². The van der Waals surface area contributed by atoms with Gasteiger partial charge in [-0.2, -0.15) is 0 Å². The number of azide groups is 1. The predicted octanol–water partition coefficient (Wildman–Crippen LogP) is 1.06. The SMILES string of the molecule is COC(=O)C1(NCCN=[N+]=[N-])CCN2CCCCC21. The highest BCUT2D eigenvalue weighted by Gasteiger charge is 2.53. The van der Waals surface area contributed by atoms with Crippen LogP contribution in [0.2, 0.25) is 0 Å². The first-order valence-electron chi connectivity index (χ1n) is 6.83. The van der Waals surface area contributed by atoms with Crippen LogP contribution < -0.4 is 5.32 Å². The van der Waals surface area contributed by atoms with Gasteiger partial charge in [-0.25, -0.2) is 4.79 Å². The fourth-order valence-electron chi connectivity index (χ4n) is 3.38. The molecular formula is C12H21N5O2. The molecule has 2 fully saturated rings. The molecule has 7 heteroatoms. The molecule has 2 saturated heterocycles. The minimum Gasteiger partial charge on any atom is -0.468 e. The molecule has 2 rings (SSSR count). The third-order valence-corrected chi connectivity index (χ3v) is 4.24.